The first-order valence-electron chi connectivity index (χ1n) is 14.0. The number of rotatable bonds is 13. The van der Waals surface area contributed by atoms with Crippen molar-refractivity contribution >= 4 is 23.4 Å². The summed E-state index contributed by atoms with van der Waals surface area (Å²) in [7, 11) is 0. The van der Waals surface area contributed by atoms with Crippen LogP contribution in [0.1, 0.15) is 71.9 Å². The second kappa shape index (κ2) is 14.9. The highest BCUT2D eigenvalue weighted by atomic mass is 16.2. The summed E-state index contributed by atoms with van der Waals surface area (Å²) in [4.78, 5) is 42.0. The van der Waals surface area contributed by atoms with Crippen molar-refractivity contribution in [1.82, 2.24) is 10.2 Å². The van der Waals surface area contributed by atoms with Gasteiger partial charge in [-0.05, 0) is 68.0 Å². The fraction of sp³-hybridized carbons (Fsp3) is 0.364. The van der Waals surface area contributed by atoms with Gasteiger partial charge in [0.15, 0.2) is 0 Å². The minimum Gasteiger partial charge on any atom is -0.348 e. The molecule has 0 spiro atoms. The Morgan fingerprint density at radius 1 is 0.795 bits per heavy atom. The fourth-order valence-electron chi connectivity index (χ4n) is 4.84. The maximum absolute atomic E-state index is 13.5. The number of carbonyl (C=O) groups is 3. The third kappa shape index (κ3) is 8.28. The quantitative estimate of drug-likeness (QED) is 0.275. The Hall–Kier alpha value is -3.93. The Kier molecular flexibility index (Phi) is 11.3. The number of hydrogen-bond acceptors (Lipinski definition) is 3. The molecule has 0 saturated carbocycles. The molecule has 39 heavy (non-hydrogen) atoms. The first-order chi connectivity index (χ1) is 18.9. The van der Waals surface area contributed by atoms with Gasteiger partial charge >= 0.3 is 0 Å². The minimum atomic E-state index is -0.455. The number of hydrogen-bond donors (Lipinski definition) is 2. The Morgan fingerprint density at radius 3 is 2.08 bits per heavy atom. The van der Waals surface area contributed by atoms with Crippen molar-refractivity contribution in [2.45, 2.75) is 59.4 Å². The Morgan fingerprint density at radius 2 is 1.44 bits per heavy atom. The van der Waals surface area contributed by atoms with E-state index in [2.05, 4.69) is 10.6 Å². The van der Waals surface area contributed by atoms with Crippen LogP contribution in [0.4, 0.5) is 5.69 Å². The van der Waals surface area contributed by atoms with Gasteiger partial charge in [0.05, 0.1) is 5.92 Å². The van der Waals surface area contributed by atoms with Crippen LogP contribution in [0.3, 0.4) is 0 Å². The summed E-state index contributed by atoms with van der Waals surface area (Å²) in [6.07, 6.45) is 2.80. The normalized spacial score (nSPS) is 12.3. The van der Waals surface area contributed by atoms with Crippen LogP contribution in [0.5, 0.6) is 0 Å². The van der Waals surface area contributed by atoms with Gasteiger partial charge in [-0.2, -0.15) is 0 Å². The van der Waals surface area contributed by atoms with Crippen molar-refractivity contribution in [2.24, 2.45) is 5.92 Å². The molecular formula is C33H41N3O3. The van der Waals surface area contributed by atoms with Gasteiger partial charge < -0.3 is 15.5 Å². The van der Waals surface area contributed by atoms with Crippen LogP contribution in [0.25, 0.3) is 0 Å². The molecule has 2 N–H and O–H groups in total. The highest BCUT2D eigenvalue weighted by molar-refractivity contribution is 6.00. The second-order valence-corrected chi connectivity index (χ2v) is 9.96. The Balaban J connectivity index is 1.85. The van der Waals surface area contributed by atoms with Gasteiger partial charge in [0, 0.05) is 35.9 Å². The molecule has 1 unspecified atom stereocenters. The molecular weight excluding hydrogens is 486 g/mol. The van der Waals surface area contributed by atoms with Crippen LogP contribution in [0.2, 0.25) is 0 Å². The summed E-state index contributed by atoms with van der Waals surface area (Å²) in [6.45, 7) is 9.36. The van der Waals surface area contributed by atoms with E-state index in [0.29, 0.717) is 37.1 Å². The van der Waals surface area contributed by atoms with E-state index in [1.807, 2.05) is 87.2 Å². The van der Waals surface area contributed by atoms with Gasteiger partial charge in [-0.1, -0.05) is 75.4 Å². The number of anilines is 1. The zero-order valence-corrected chi connectivity index (χ0v) is 23.6. The van der Waals surface area contributed by atoms with Crippen molar-refractivity contribution < 1.29 is 14.4 Å². The van der Waals surface area contributed by atoms with Gasteiger partial charge in [0.2, 0.25) is 5.91 Å². The van der Waals surface area contributed by atoms with E-state index in [0.717, 1.165) is 29.7 Å². The van der Waals surface area contributed by atoms with Gasteiger partial charge in [0.25, 0.3) is 11.8 Å². The van der Waals surface area contributed by atoms with Crippen LogP contribution >= 0.6 is 0 Å². The lowest BCUT2D eigenvalue weighted by Crippen LogP contribution is -2.46. The largest absolute Gasteiger partial charge is 0.348 e. The van der Waals surface area contributed by atoms with E-state index >= 15 is 0 Å². The van der Waals surface area contributed by atoms with Crippen LogP contribution in [0, 0.1) is 12.8 Å². The fourth-order valence-corrected chi connectivity index (χ4v) is 4.84. The third-order valence-electron chi connectivity index (χ3n) is 6.93. The van der Waals surface area contributed by atoms with E-state index in [-0.39, 0.29) is 17.7 Å². The van der Waals surface area contributed by atoms with E-state index in [1.54, 1.807) is 24.3 Å². The molecule has 0 bridgehead atoms. The van der Waals surface area contributed by atoms with Gasteiger partial charge in [-0.25, -0.2) is 0 Å². The molecule has 0 aliphatic heterocycles. The van der Waals surface area contributed by atoms with Crippen molar-refractivity contribution in [2.75, 3.05) is 18.4 Å². The molecule has 3 rings (SSSR count). The molecule has 0 radical (unpaired) electrons. The van der Waals surface area contributed by atoms with Crippen LogP contribution in [-0.2, 0) is 11.2 Å². The summed E-state index contributed by atoms with van der Waals surface area (Å²) in [5.41, 5.74) is 3.67. The Labute approximate surface area is 232 Å². The average molecular weight is 528 g/mol. The molecule has 206 valence electrons. The molecule has 3 aromatic carbocycles. The topological polar surface area (TPSA) is 78.5 Å². The Bertz CT molecular complexity index is 1240. The maximum atomic E-state index is 13.5. The zero-order chi connectivity index (χ0) is 28.2. The SMILES string of the molecule is CCCN(CCC)C(=O)c1cccc(C(=O)N[C@H](Cc2ccccc2)C(CC)C(=O)Nc2ccccc2C)c1. The number of para-hydroxylation sites is 1. The predicted molar refractivity (Wildman–Crippen MR) is 158 cm³/mol. The molecule has 0 aromatic heterocycles. The number of benzene rings is 3. The van der Waals surface area contributed by atoms with Gasteiger partial charge in [-0.15, -0.1) is 0 Å². The highest BCUT2D eigenvalue weighted by Crippen LogP contribution is 2.21. The number of nitrogens with one attached hydrogen (secondary N) is 2. The van der Waals surface area contributed by atoms with E-state index in [9.17, 15) is 14.4 Å². The summed E-state index contributed by atoms with van der Waals surface area (Å²) in [5.74, 6) is -0.960. The number of aryl methyl sites for hydroxylation is 1. The van der Waals surface area contributed by atoms with Crippen LogP contribution < -0.4 is 10.6 Å². The predicted octanol–water partition coefficient (Wildman–Crippen LogP) is 6.26. The van der Waals surface area contributed by atoms with Crippen molar-refractivity contribution in [3.63, 3.8) is 0 Å². The maximum Gasteiger partial charge on any atom is 0.253 e. The lowest BCUT2D eigenvalue weighted by molar-refractivity contribution is -0.120. The molecule has 0 aliphatic carbocycles. The lowest BCUT2D eigenvalue weighted by atomic mass is 9.90. The molecule has 2 atom stereocenters. The molecule has 6 heteroatoms. The first kappa shape index (κ1) is 29.6. The van der Waals surface area contributed by atoms with Gasteiger partial charge in [-0.3, -0.25) is 14.4 Å². The van der Waals surface area contributed by atoms with E-state index in [4.69, 9.17) is 0 Å². The summed E-state index contributed by atoms with van der Waals surface area (Å²) in [5, 5.41) is 6.20. The van der Waals surface area contributed by atoms with Crippen molar-refractivity contribution in [3.8, 4) is 0 Å². The number of carbonyl (C=O) groups excluding carboxylic acids is 3. The van der Waals surface area contributed by atoms with E-state index < -0.39 is 12.0 Å². The first-order valence-corrected chi connectivity index (χ1v) is 14.0. The van der Waals surface area contributed by atoms with Gasteiger partial charge in [0.1, 0.15) is 0 Å². The average Bonchev–Trinajstić information content (AvgIpc) is 2.94. The molecule has 0 aliphatic rings. The van der Waals surface area contributed by atoms with Crippen molar-refractivity contribution in [3.05, 3.63) is 101 Å². The highest BCUT2D eigenvalue weighted by Gasteiger charge is 2.29. The molecule has 0 fully saturated rings. The molecule has 3 amide bonds. The number of amides is 3. The zero-order valence-electron chi connectivity index (χ0n) is 23.6. The molecule has 0 heterocycles. The summed E-state index contributed by atoms with van der Waals surface area (Å²) < 4.78 is 0. The lowest BCUT2D eigenvalue weighted by Gasteiger charge is -2.27. The monoisotopic (exact) mass is 527 g/mol. The molecule has 3 aromatic rings. The molecule has 0 saturated heterocycles. The summed E-state index contributed by atoms with van der Waals surface area (Å²) in [6, 6.07) is 23.9. The van der Waals surface area contributed by atoms with Crippen LogP contribution in [-0.4, -0.2) is 41.8 Å². The number of nitrogens with zero attached hydrogens (tertiary/aromatic N) is 1. The van der Waals surface area contributed by atoms with E-state index in [1.165, 1.54) is 0 Å². The second-order valence-electron chi connectivity index (χ2n) is 9.96. The molecule has 6 nitrogen and oxygen atoms in total. The minimum absolute atomic E-state index is 0.0711. The third-order valence-corrected chi connectivity index (χ3v) is 6.93. The standard InChI is InChI=1S/C33H41N3O3/c1-5-20-36(21-6-2)33(39)27-18-13-17-26(23-27)31(37)35-30(22-25-15-9-8-10-16-25)28(7-3)32(38)34-29-19-12-11-14-24(29)4/h8-19,23,28,30H,5-7,20-22H2,1-4H3,(H,34,38)(H,35,37)/t28?,30-/m1/s1. The summed E-state index contributed by atoms with van der Waals surface area (Å²) >= 11 is 0. The van der Waals surface area contributed by atoms with Crippen LogP contribution in [0.15, 0.2) is 78.9 Å². The van der Waals surface area contributed by atoms with Crippen molar-refractivity contribution in [1.29, 1.82) is 0 Å². The smallest absolute Gasteiger partial charge is 0.253 e.